The summed E-state index contributed by atoms with van der Waals surface area (Å²) in [5, 5.41) is 2.61. The molecule has 0 amide bonds. The van der Waals surface area contributed by atoms with Crippen molar-refractivity contribution in [3.63, 3.8) is 0 Å². The number of morpholine rings is 1. The van der Waals surface area contributed by atoms with Gasteiger partial charge in [0, 0.05) is 54.6 Å². The summed E-state index contributed by atoms with van der Waals surface area (Å²) in [6, 6.07) is 20.0. The van der Waals surface area contributed by atoms with Gasteiger partial charge in [0.05, 0.1) is 13.2 Å². The van der Waals surface area contributed by atoms with Crippen LogP contribution in [0.15, 0.2) is 60.7 Å². The van der Waals surface area contributed by atoms with Gasteiger partial charge in [0.1, 0.15) is 11.4 Å². The summed E-state index contributed by atoms with van der Waals surface area (Å²) in [6.45, 7) is 7.93. The van der Waals surface area contributed by atoms with E-state index in [1.807, 2.05) is 0 Å². The predicted octanol–water partition coefficient (Wildman–Crippen LogP) is 6.38. The van der Waals surface area contributed by atoms with Crippen molar-refractivity contribution in [2.24, 2.45) is 0 Å². The van der Waals surface area contributed by atoms with Crippen molar-refractivity contribution < 1.29 is 9.47 Å². The molecule has 4 nitrogen and oxygen atoms in total. The molecule has 0 bridgehead atoms. The Morgan fingerprint density at radius 3 is 2.21 bits per heavy atom. The highest BCUT2D eigenvalue weighted by atomic mass is 16.5. The average Bonchev–Trinajstić information content (AvgIpc) is 3.18. The molecule has 0 saturated carbocycles. The van der Waals surface area contributed by atoms with Gasteiger partial charge in [-0.25, -0.2) is 0 Å². The minimum atomic E-state index is -0.491. The van der Waals surface area contributed by atoms with Gasteiger partial charge >= 0.3 is 0 Å². The van der Waals surface area contributed by atoms with Crippen LogP contribution in [0, 0.1) is 0 Å². The maximum absolute atomic E-state index is 6.81. The Labute approximate surface area is 202 Å². The molecule has 1 atom stereocenters. The van der Waals surface area contributed by atoms with Crippen LogP contribution >= 0.6 is 0 Å². The van der Waals surface area contributed by atoms with Crippen LogP contribution in [0.2, 0.25) is 0 Å². The highest BCUT2D eigenvalue weighted by Gasteiger charge is 2.31. The maximum Gasteiger partial charge on any atom is 0.150 e. The molecule has 0 N–H and O–H groups in total. The van der Waals surface area contributed by atoms with Gasteiger partial charge in [0.25, 0.3) is 0 Å². The Morgan fingerprint density at radius 2 is 1.47 bits per heavy atom. The number of anilines is 2. The smallest absolute Gasteiger partial charge is 0.150 e. The van der Waals surface area contributed by atoms with Gasteiger partial charge in [-0.15, -0.1) is 0 Å². The van der Waals surface area contributed by atoms with Crippen LogP contribution in [-0.2, 0) is 10.3 Å². The summed E-state index contributed by atoms with van der Waals surface area (Å²) >= 11 is 0. The molecule has 3 heterocycles. The zero-order valence-corrected chi connectivity index (χ0v) is 20.1. The van der Waals surface area contributed by atoms with Crippen LogP contribution in [0.25, 0.3) is 16.8 Å². The molecule has 176 valence electrons. The van der Waals surface area contributed by atoms with Crippen molar-refractivity contribution in [1.82, 2.24) is 0 Å². The van der Waals surface area contributed by atoms with Crippen molar-refractivity contribution in [3.05, 3.63) is 71.8 Å². The molecular weight excluding hydrogens is 420 g/mol. The standard InChI is InChI=1S/C30H34N2O2/c1-30(23-10-12-24(13-11-23)31-18-20-33-21-19-31)15-14-27-25-8-4-5-9-26(25)28(22-29(27)34-30)32-16-6-2-3-7-17-32/h4-5,8-15,22H,2-3,6-7,16-21H2,1H3. The molecule has 3 aromatic carbocycles. The van der Waals surface area contributed by atoms with E-state index in [1.54, 1.807) is 0 Å². The third-order valence-corrected chi connectivity index (χ3v) is 7.68. The van der Waals surface area contributed by atoms with Gasteiger partial charge in [-0.1, -0.05) is 55.3 Å². The minimum absolute atomic E-state index is 0.491. The number of benzene rings is 3. The molecule has 34 heavy (non-hydrogen) atoms. The third-order valence-electron chi connectivity index (χ3n) is 7.68. The molecule has 4 heteroatoms. The van der Waals surface area contributed by atoms with Crippen LogP contribution in [0.3, 0.4) is 0 Å². The van der Waals surface area contributed by atoms with E-state index in [0.717, 1.165) is 45.1 Å². The molecule has 2 fully saturated rings. The fourth-order valence-electron chi connectivity index (χ4n) is 5.67. The Morgan fingerprint density at radius 1 is 0.765 bits per heavy atom. The van der Waals surface area contributed by atoms with E-state index in [4.69, 9.17) is 9.47 Å². The van der Waals surface area contributed by atoms with E-state index in [0.29, 0.717) is 0 Å². The van der Waals surface area contributed by atoms with Crippen molar-refractivity contribution in [2.45, 2.75) is 38.2 Å². The Hall–Kier alpha value is -2.98. The summed E-state index contributed by atoms with van der Waals surface area (Å²) in [5.74, 6) is 0.986. The van der Waals surface area contributed by atoms with Gasteiger partial charge < -0.3 is 19.3 Å². The van der Waals surface area contributed by atoms with Crippen LogP contribution in [0.1, 0.15) is 43.7 Å². The maximum atomic E-state index is 6.81. The van der Waals surface area contributed by atoms with Gasteiger partial charge in [0.2, 0.25) is 0 Å². The second kappa shape index (κ2) is 8.99. The molecule has 2 saturated heterocycles. The van der Waals surface area contributed by atoms with E-state index in [1.165, 1.54) is 59.0 Å². The Balaban J connectivity index is 1.35. The van der Waals surface area contributed by atoms with Crippen molar-refractivity contribution in [2.75, 3.05) is 49.2 Å². The molecule has 0 aromatic heterocycles. The summed E-state index contributed by atoms with van der Waals surface area (Å²) in [5.41, 5.74) is 4.45. The lowest BCUT2D eigenvalue weighted by Gasteiger charge is -2.35. The lowest BCUT2D eigenvalue weighted by atomic mass is 9.90. The van der Waals surface area contributed by atoms with Gasteiger partial charge in [0.15, 0.2) is 0 Å². The number of fused-ring (bicyclic) bond motifs is 3. The van der Waals surface area contributed by atoms with Crippen LogP contribution in [0.4, 0.5) is 11.4 Å². The van der Waals surface area contributed by atoms with E-state index in [2.05, 4.69) is 83.5 Å². The van der Waals surface area contributed by atoms with Gasteiger partial charge in [-0.05, 0) is 48.9 Å². The first kappa shape index (κ1) is 21.5. The van der Waals surface area contributed by atoms with E-state index >= 15 is 0 Å². The van der Waals surface area contributed by atoms with Crippen LogP contribution in [0.5, 0.6) is 5.75 Å². The van der Waals surface area contributed by atoms with E-state index < -0.39 is 5.60 Å². The average molecular weight is 455 g/mol. The molecule has 0 aliphatic carbocycles. The molecule has 0 spiro atoms. The summed E-state index contributed by atoms with van der Waals surface area (Å²) < 4.78 is 12.3. The lowest BCUT2D eigenvalue weighted by molar-refractivity contribution is 0.122. The second-order valence-corrected chi connectivity index (χ2v) is 9.94. The molecule has 1 unspecified atom stereocenters. The van der Waals surface area contributed by atoms with E-state index in [-0.39, 0.29) is 0 Å². The Bertz CT molecular complexity index is 1190. The SMILES string of the molecule is CC1(c2ccc(N3CCOCC3)cc2)C=Cc2c(cc(N3CCCCCC3)c3ccccc23)O1. The normalized spacial score (nSPS) is 22.9. The molecular formula is C30H34N2O2. The lowest BCUT2D eigenvalue weighted by Crippen LogP contribution is -2.36. The summed E-state index contributed by atoms with van der Waals surface area (Å²) in [4.78, 5) is 4.97. The number of hydrogen-bond acceptors (Lipinski definition) is 4. The largest absolute Gasteiger partial charge is 0.478 e. The first-order valence-electron chi connectivity index (χ1n) is 12.8. The quantitative estimate of drug-likeness (QED) is 0.459. The summed E-state index contributed by atoms with van der Waals surface area (Å²) in [6.07, 6.45) is 9.67. The predicted molar refractivity (Wildman–Crippen MR) is 141 cm³/mol. The van der Waals surface area contributed by atoms with Gasteiger partial charge in [-0.2, -0.15) is 0 Å². The Kier molecular flexibility index (Phi) is 5.70. The summed E-state index contributed by atoms with van der Waals surface area (Å²) in [7, 11) is 0. The number of rotatable bonds is 3. The number of ether oxygens (including phenoxy) is 2. The molecule has 3 aromatic rings. The zero-order chi connectivity index (χ0) is 23.0. The van der Waals surface area contributed by atoms with Gasteiger partial charge in [-0.3, -0.25) is 0 Å². The topological polar surface area (TPSA) is 24.9 Å². The number of hydrogen-bond donors (Lipinski definition) is 0. The molecule has 3 aliphatic heterocycles. The van der Waals surface area contributed by atoms with Crippen molar-refractivity contribution in [3.8, 4) is 5.75 Å². The molecule has 3 aliphatic rings. The molecule has 0 radical (unpaired) electrons. The molecule has 6 rings (SSSR count). The van der Waals surface area contributed by atoms with Crippen LogP contribution < -0.4 is 14.5 Å². The highest BCUT2D eigenvalue weighted by Crippen LogP contribution is 2.44. The first-order chi connectivity index (χ1) is 16.7. The third kappa shape index (κ3) is 3.94. The van der Waals surface area contributed by atoms with Crippen molar-refractivity contribution >= 4 is 28.2 Å². The van der Waals surface area contributed by atoms with Crippen LogP contribution in [-0.4, -0.2) is 39.4 Å². The van der Waals surface area contributed by atoms with E-state index in [9.17, 15) is 0 Å². The minimum Gasteiger partial charge on any atom is -0.478 e. The van der Waals surface area contributed by atoms with Crippen molar-refractivity contribution in [1.29, 1.82) is 0 Å². The second-order valence-electron chi connectivity index (χ2n) is 9.94. The zero-order valence-electron chi connectivity index (χ0n) is 20.1. The highest BCUT2D eigenvalue weighted by molar-refractivity contribution is 6.02. The first-order valence-corrected chi connectivity index (χ1v) is 12.8. The fourth-order valence-corrected chi connectivity index (χ4v) is 5.67. The fraction of sp³-hybridized carbons (Fsp3) is 0.400. The number of nitrogens with zero attached hydrogens (tertiary/aromatic N) is 2. The monoisotopic (exact) mass is 454 g/mol.